The molecule has 0 aliphatic carbocycles. The third kappa shape index (κ3) is 4.79. The van der Waals surface area contributed by atoms with Crippen molar-refractivity contribution in [3.63, 3.8) is 0 Å². The number of nitrogens with zero attached hydrogens (tertiary/aromatic N) is 7. The van der Waals surface area contributed by atoms with Gasteiger partial charge in [0.1, 0.15) is 18.2 Å². The lowest BCUT2D eigenvalue weighted by atomic mass is 9.86. The van der Waals surface area contributed by atoms with E-state index in [2.05, 4.69) is 65.8 Å². The smallest absolute Gasteiger partial charge is 0.357 e. The van der Waals surface area contributed by atoms with Crippen LogP contribution in [0.15, 0.2) is 35.5 Å². The third-order valence-electron chi connectivity index (χ3n) is 7.55. The minimum Gasteiger partial charge on any atom is -0.357 e. The summed E-state index contributed by atoms with van der Waals surface area (Å²) in [5, 5.41) is 5.83. The van der Waals surface area contributed by atoms with Gasteiger partial charge in [-0.3, -0.25) is 14.6 Å². The molecule has 2 aliphatic rings. The Morgan fingerprint density at radius 3 is 2.78 bits per heavy atom. The standard InChI is InChI=1S/C26H29F3N8/c1-17-31-23-21(13-37(34-23)16-26(27,28)29)24(32-17)36-8-6-25(15-36)5-7-35(14-25)12-18-3-4-19-10-20(11-30-2)33-22(19)9-18/h3-4,9-10,13,33H,2,5-8,11-12,14-16H2,1H3. The van der Waals surface area contributed by atoms with E-state index in [-0.39, 0.29) is 5.41 Å². The molecule has 1 atom stereocenters. The summed E-state index contributed by atoms with van der Waals surface area (Å²) < 4.78 is 39.7. The zero-order valence-electron chi connectivity index (χ0n) is 20.7. The van der Waals surface area contributed by atoms with Crippen LogP contribution in [0.4, 0.5) is 19.0 Å². The van der Waals surface area contributed by atoms with Gasteiger partial charge in [0.15, 0.2) is 5.65 Å². The lowest BCUT2D eigenvalue weighted by molar-refractivity contribution is -0.142. The van der Waals surface area contributed by atoms with Crippen molar-refractivity contribution in [2.24, 2.45) is 10.4 Å². The van der Waals surface area contributed by atoms with Crippen molar-refractivity contribution in [3.8, 4) is 0 Å². The van der Waals surface area contributed by atoms with E-state index in [1.54, 1.807) is 6.92 Å². The van der Waals surface area contributed by atoms with Crippen LogP contribution < -0.4 is 4.90 Å². The SMILES string of the molecule is C=NCc1cc2ccc(CN3CCC4(CCN(c5nc(C)nc6nn(CC(F)(F)F)cc56)C4)C3)cc2[nH]1. The molecule has 2 saturated heterocycles. The topological polar surface area (TPSA) is 78.2 Å². The summed E-state index contributed by atoms with van der Waals surface area (Å²) in [5.41, 5.74) is 3.90. The Balaban J connectivity index is 1.17. The fourth-order valence-electron chi connectivity index (χ4n) is 5.96. The highest BCUT2D eigenvalue weighted by atomic mass is 19.4. The first kappa shape index (κ1) is 23.9. The quantitative estimate of drug-likeness (QED) is 0.387. The largest absolute Gasteiger partial charge is 0.408 e. The number of nitrogens with one attached hydrogen (secondary N) is 1. The number of aliphatic imine (C=N–C) groups is 1. The van der Waals surface area contributed by atoms with Crippen molar-refractivity contribution in [3.05, 3.63) is 47.5 Å². The van der Waals surface area contributed by atoms with Crippen molar-refractivity contribution in [1.82, 2.24) is 29.6 Å². The molecule has 1 spiro atoms. The molecule has 4 aromatic rings. The second-order valence-electron chi connectivity index (χ2n) is 10.5. The van der Waals surface area contributed by atoms with Crippen LogP contribution in [0.2, 0.25) is 0 Å². The van der Waals surface area contributed by atoms with E-state index < -0.39 is 12.7 Å². The molecule has 194 valence electrons. The highest BCUT2D eigenvalue weighted by molar-refractivity contribution is 5.87. The Morgan fingerprint density at radius 2 is 1.97 bits per heavy atom. The summed E-state index contributed by atoms with van der Waals surface area (Å²) in [6.07, 6.45) is -0.800. The zero-order chi connectivity index (χ0) is 25.8. The predicted molar refractivity (Wildman–Crippen MR) is 137 cm³/mol. The Hall–Kier alpha value is -3.47. The van der Waals surface area contributed by atoms with Crippen LogP contribution >= 0.6 is 0 Å². The maximum absolute atomic E-state index is 12.9. The number of aryl methyl sites for hydroxylation is 1. The number of anilines is 1. The van der Waals surface area contributed by atoms with E-state index in [1.807, 2.05) is 0 Å². The van der Waals surface area contributed by atoms with Crippen molar-refractivity contribution in [1.29, 1.82) is 0 Å². The van der Waals surface area contributed by atoms with E-state index in [0.29, 0.717) is 29.2 Å². The van der Waals surface area contributed by atoms with Gasteiger partial charge in [0.2, 0.25) is 0 Å². The second kappa shape index (κ2) is 8.83. The average Bonchev–Trinajstić information content (AvgIpc) is 3.59. The number of hydrogen-bond donors (Lipinski definition) is 1. The summed E-state index contributed by atoms with van der Waals surface area (Å²) in [6.45, 7) is 9.30. The third-order valence-corrected chi connectivity index (χ3v) is 7.55. The van der Waals surface area contributed by atoms with Crippen LogP contribution in [0.3, 0.4) is 0 Å². The van der Waals surface area contributed by atoms with E-state index >= 15 is 0 Å². The zero-order valence-corrected chi connectivity index (χ0v) is 20.7. The van der Waals surface area contributed by atoms with Crippen LogP contribution in [-0.2, 0) is 19.6 Å². The average molecular weight is 511 g/mol. The first-order valence-electron chi connectivity index (χ1n) is 12.5. The number of fused-ring (bicyclic) bond motifs is 2. The number of alkyl halides is 3. The van der Waals surface area contributed by atoms with E-state index in [4.69, 9.17) is 0 Å². The van der Waals surface area contributed by atoms with Gasteiger partial charge in [-0.2, -0.15) is 18.3 Å². The number of aromatic nitrogens is 5. The van der Waals surface area contributed by atoms with Crippen LogP contribution in [0, 0.1) is 12.3 Å². The lowest BCUT2D eigenvalue weighted by Crippen LogP contribution is -2.31. The number of rotatable bonds is 6. The molecule has 6 rings (SSSR count). The Bertz CT molecular complexity index is 1470. The van der Waals surface area contributed by atoms with Gasteiger partial charge >= 0.3 is 6.18 Å². The molecule has 1 unspecified atom stereocenters. The molecule has 2 fully saturated rings. The van der Waals surface area contributed by atoms with Gasteiger partial charge in [-0.1, -0.05) is 12.1 Å². The highest BCUT2D eigenvalue weighted by Gasteiger charge is 2.44. The summed E-state index contributed by atoms with van der Waals surface area (Å²) in [4.78, 5) is 21.0. The Morgan fingerprint density at radius 1 is 1.14 bits per heavy atom. The molecule has 0 bridgehead atoms. The van der Waals surface area contributed by atoms with Gasteiger partial charge in [-0.25, -0.2) is 9.97 Å². The minimum absolute atomic E-state index is 0.145. The first-order valence-corrected chi connectivity index (χ1v) is 12.5. The number of H-pyrrole nitrogens is 1. The number of benzene rings is 1. The summed E-state index contributed by atoms with van der Waals surface area (Å²) in [6, 6.07) is 8.67. The van der Waals surface area contributed by atoms with Crippen molar-refractivity contribution in [2.45, 2.75) is 45.6 Å². The molecule has 0 amide bonds. The summed E-state index contributed by atoms with van der Waals surface area (Å²) >= 11 is 0. The molecule has 5 heterocycles. The van der Waals surface area contributed by atoms with E-state index in [0.717, 1.165) is 61.5 Å². The van der Waals surface area contributed by atoms with Crippen LogP contribution in [0.5, 0.6) is 0 Å². The molecule has 1 N–H and O–H groups in total. The van der Waals surface area contributed by atoms with E-state index in [1.165, 1.54) is 17.1 Å². The molecule has 8 nitrogen and oxygen atoms in total. The van der Waals surface area contributed by atoms with Gasteiger partial charge in [-0.05, 0) is 56.1 Å². The molecular weight excluding hydrogens is 481 g/mol. The van der Waals surface area contributed by atoms with Gasteiger partial charge < -0.3 is 9.88 Å². The number of hydrogen-bond acceptors (Lipinski definition) is 6. The van der Waals surface area contributed by atoms with Gasteiger partial charge in [0.05, 0.1) is 11.9 Å². The minimum atomic E-state index is -4.34. The maximum Gasteiger partial charge on any atom is 0.408 e. The Kier molecular flexibility index (Phi) is 5.70. The molecule has 3 aromatic heterocycles. The molecule has 11 heteroatoms. The van der Waals surface area contributed by atoms with Gasteiger partial charge in [-0.15, -0.1) is 0 Å². The molecule has 37 heavy (non-hydrogen) atoms. The maximum atomic E-state index is 12.9. The monoisotopic (exact) mass is 510 g/mol. The number of halogens is 3. The molecular formula is C26H29F3N8. The molecule has 0 radical (unpaired) electrons. The second-order valence-corrected chi connectivity index (χ2v) is 10.5. The summed E-state index contributed by atoms with van der Waals surface area (Å²) in [7, 11) is 0. The van der Waals surface area contributed by atoms with Gasteiger partial charge in [0.25, 0.3) is 0 Å². The Labute approximate surface area is 212 Å². The predicted octanol–water partition coefficient (Wildman–Crippen LogP) is 4.48. The number of aromatic amines is 1. The van der Waals surface area contributed by atoms with Gasteiger partial charge in [0, 0.05) is 49.0 Å². The molecule has 2 aliphatic heterocycles. The fourth-order valence-corrected chi connectivity index (χ4v) is 5.96. The number of likely N-dealkylation sites (tertiary alicyclic amines) is 1. The van der Waals surface area contributed by atoms with Crippen LogP contribution in [-0.4, -0.2) is 68.7 Å². The van der Waals surface area contributed by atoms with E-state index in [9.17, 15) is 13.2 Å². The van der Waals surface area contributed by atoms with Crippen molar-refractivity contribution < 1.29 is 13.2 Å². The normalized spacial score (nSPS) is 20.7. The molecule has 0 saturated carbocycles. The van der Waals surface area contributed by atoms with Crippen LogP contribution in [0.25, 0.3) is 21.9 Å². The van der Waals surface area contributed by atoms with Crippen molar-refractivity contribution in [2.75, 3.05) is 31.1 Å². The highest BCUT2D eigenvalue weighted by Crippen LogP contribution is 2.42. The first-order chi connectivity index (χ1) is 17.7. The van der Waals surface area contributed by atoms with Crippen LogP contribution in [0.1, 0.15) is 29.9 Å². The fraction of sp³-hybridized carbons (Fsp3) is 0.462. The van der Waals surface area contributed by atoms with Crippen molar-refractivity contribution >= 4 is 34.5 Å². The molecule has 1 aromatic carbocycles. The summed E-state index contributed by atoms with van der Waals surface area (Å²) in [5.74, 6) is 1.20. The lowest BCUT2D eigenvalue weighted by Gasteiger charge is -2.25.